The number of hydrogen-bond acceptors (Lipinski definition) is 4. The Morgan fingerprint density at radius 2 is 2.00 bits per heavy atom. The van der Waals surface area contributed by atoms with E-state index in [1.807, 2.05) is 11.8 Å². The van der Waals surface area contributed by atoms with Crippen LogP contribution in [0.15, 0.2) is 47.4 Å². The molecule has 2 aromatic rings. The maximum atomic E-state index is 12.8. The maximum absolute atomic E-state index is 12.8. The van der Waals surface area contributed by atoms with Gasteiger partial charge in [-0.05, 0) is 61.6 Å². The van der Waals surface area contributed by atoms with E-state index in [-0.39, 0.29) is 10.8 Å². The molecule has 1 fully saturated rings. The van der Waals surface area contributed by atoms with Crippen molar-refractivity contribution in [1.29, 1.82) is 0 Å². The summed E-state index contributed by atoms with van der Waals surface area (Å²) < 4.78 is 33.9. The number of ether oxygens (including phenoxy) is 1. The van der Waals surface area contributed by atoms with Crippen molar-refractivity contribution in [2.45, 2.75) is 43.7 Å². The number of halogens is 1. The zero-order valence-corrected chi connectivity index (χ0v) is 17.7. The quantitative estimate of drug-likeness (QED) is 0.744. The highest BCUT2D eigenvalue weighted by molar-refractivity contribution is 7.92. The summed E-state index contributed by atoms with van der Waals surface area (Å²) in [5.74, 6) is 1.17. The van der Waals surface area contributed by atoms with Gasteiger partial charge in [-0.3, -0.25) is 9.52 Å². The van der Waals surface area contributed by atoms with Crippen LogP contribution in [-0.4, -0.2) is 31.9 Å². The van der Waals surface area contributed by atoms with Crippen LogP contribution in [0.1, 0.15) is 31.7 Å². The molecule has 4 rings (SSSR count). The summed E-state index contributed by atoms with van der Waals surface area (Å²) in [6.07, 6.45) is 2.37. The van der Waals surface area contributed by atoms with Crippen LogP contribution in [0.4, 0.5) is 5.69 Å². The second-order valence-electron chi connectivity index (χ2n) is 7.56. The van der Waals surface area contributed by atoms with E-state index in [1.54, 1.807) is 30.3 Å². The van der Waals surface area contributed by atoms with Crippen LogP contribution in [-0.2, 0) is 21.4 Å². The molecule has 1 heterocycles. The van der Waals surface area contributed by atoms with Crippen molar-refractivity contribution in [3.8, 4) is 5.75 Å². The number of rotatable bonds is 6. The fraction of sp³-hybridized carbons (Fsp3) is 0.381. The Balaban J connectivity index is 1.61. The van der Waals surface area contributed by atoms with E-state index >= 15 is 0 Å². The molecule has 2 aliphatic rings. The standard InChI is InChI=1S/C21H23ClN2O4S/c1-2-19-21(25)24(12-14-6-7-14)13-15-10-17(8-9-20(15)28-19)23-29(26,27)18-5-3-4-16(22)11-18/h3-5,8-11,14,19,23H,2,6-7,12-13H2,1H3. The molecule has 1 N–H and O–H groups in total. The number of amides is 1. The smallest absolute Gasteiger partial charge is 0.263 e. The van der Waals surface area contributed by atoms with Gasteiger partial charge in [-0.25, -0.2) is 8.42 Å². The molecule has 8 heteroatoms. The lowest BCUT2D eigenvalue weighted by Gasteiger charge is -2.23. The van der Waals surface area contributed by atoms with E-state index in [2.05, 4.69) is 4.72 Å². The molecule has 2 aromatic carbocycles. The number of nitrogens with zero attached hydrogens (tertiary/aromatic N) is 1. The Bertz CT molecular complexity index is 1040. The molecule has 0 radical (unpaired) electrons. The van der Waals surface area contributed by atoms with Crippen molar-refractivity contribution >= 4 is 33.2 Å². The lowest BCUT2D eigenvalue weighted by atomic mass is 10.1. The summed E-state index contributed by atoms with van der Waals surface area (Å²) in [5, 5.41) is 0.350. The zero-order chi connectivity index (χ0) is 20.6. The lowest BCUT2D eigenvalue weighted by molar-refractivity contribution is -0.138. The number of benzene rings is 2. The second kappa shape index (κ2) is 7.88. The summed E-state index contributed by atoms with van der Waals surface area (Å²) in [5.41, 5.74) is 1.21. The molecule has 0 bridgehead atoms. The number of sulfonamides is 1. The first kappa shape index (κ1) is 20.0. The van der Waals surface area contributed by atoms with E-state index in [9.17, 15) is 13.2 Å². The largest absolute Gasteiger partial charge is 0.480 e. The number of carbonyl (C=O) groups is 1. The Kier molecular flexibility index (Phi) is 5.44. The summed E-state index contributed by atoms with van der Waals surface area (Å²) in [6, 6.07) is 11.2. The molecule has 6 nitrogen and oxygen atoms in total. The highest BCUT2D eigenvalue weighted by Crippen LogP contribution is 2.34. The van der Waals surface area contributed by atoms with Crippen molar-refractivity contribution in [2.24, 2.45) is 5.92 Å². The molecular weight excluding hydrogens is 412 g/mol. The van der Waals surface area contributed by atoms with Crippen molar-refractivity contribution < 1.29 is 17.9 Å². The van der Waals surface area contributed by atoms with Gasteiger partial charge in [0.15, 0.2) is 6.10 Å². The van der Waals surface area contributed by atoms with Gasteiger partial charge in [-0.2, -0.15) is 0 Å². The third-order valence-corrected chi connectivity index (χ3v) is 6.80. The van der Waals surface area contributed by atoms with Gasteiger partial charge < -0.3 is 9.64 Å². The summed E-state index contributed by atoms with van der Waals surface area (Å²) >= 11 is 5.92. The summed E-state index contributed by atoms with van der Waals surface area (Å²) in [6.45, 7) is 3.06. The van der Waals surface area contributed by atoms with Crippen LogP contribution in [0.3, 0.4) is 0 Å². The number of nitrogens with one attached hydrogen (secondary N) is 1. The van der Waals surface area contributed by atoms with Gasteiger partial charge in [0.1, 0.15) is 5.75 Å². The fourth-order valence-electron chi connectivity index (χ4n) is 3.45. The van der Waals surface area contributed by atoms with E-state index < -0.39 is 16.1 Å². The summed E-state index contributed by atoms with van der Waals surface area (Å²) in [4.78, 5) is 14.7. The van der Waals surface area contributed by atoms with Crippen LogP contribution in [0.2, 0.25) is 5.02 Å². The average Bonchev–Trinajstić information content (AvgIpc) is 3.51. The van der Waals surface area contributed by atoms with Crippen LogP contribution in [0, 0.1) is 5.92 Å². The second-order valence-corrected chi connectivity index (χ2v) is 9.68. The fourth-order valence-corrected chi connectivity index (χ4v) is 4.80. The monoisotopic (exact) mass is 434 g/mol. The number of fused-ring (bicyclic) bond motifs is 1. The van der Waals surface area contributed by atoms with Crippen LogP contribution in [0.25, 0.3) is 0 Å². The zero-order valence-electron chi connectivity index (χ0n) is 16.1. The van der Waals surface area contributed by atoms with Crippen molar-refractivity contribution in [2.75, 3.05) is 11.3 Å². The van der Waals surface area contributed by atoms with Gasteiger partial charge in [0.25, 0.3) is 15.9 Å². The molecule has 1 amide bonds. The van der Waals surface area contributed by atoms with E-state index in [4.69, 9.17) is 16.3 Å². The molecule has 0 spiro atoms. The Labute approximate surface area is 175 Å². The minimum atomic E-state index is -3.78. The molecule has 1 atom stereocenters. The minimum absolute atomic E-state index is 0.00309. The molecule has 1 aliphatic carbocycles. The van der Waals surface area contributed by atoms with Crippen molar-refractivity contribution in [3.63, 3.8) is 0 Å². The molecule has 1 unspecified atom stereocenters. The minimum Gasteiger partial charge on any atom is -0.480 e. The maximum Gasteiger partial charge on any atom is 0.263 e. The van der Waals surface area contributed by atoms with Gasteiger partial charge in [-0.1, -0.05) is 24.6 Å². The van der Waals surface area contributed by atoms with Crippen LogP contribution in [0.5, 0.6) is 5.75 Å². The SMILES string of the molecule is CCC1Oc2ccc(NS(=O)(=O)c3cccc(Cl)c3)cc2CN(CC2CC2)C1=O. The first-order chi connectivity index (χ1) is 13.9. The molecule has 0 aromatic heterocycles. The average molecular weight is 435 g/mol. The lowest BCUT2D eigenvalue weighted by Crippen LogP contribution is -2.40. The molecule has 1 saturated carbocycles. The highest BCUT2D eigenvalue weighted by Gasteiger charge is 2.34. The van der Waals surface area contributed by atoms with Gasteiger partial charge in [-0.15, -0.1) is 0 Å². The van der Waals surface area contributed by atoms with Crippen molar-refractivity contribution in [3.05, 3.63) is 53.1 Å². The predicted molar refractivity (Wildman–Crippen MR) is 112 cm³/mol. The molecule has 29 heavy (non-hydrogen) atoms. The van der Waals surface area contributed by atoms with E-state index in [0.29, 0.717) is 35.3 Å². The predicted octanol–water partition coefficient (Wildman–Crippen LogP) is 4.05. The van der Waals surface area contributed by atoms with Gasteiger partial charge in [0.05, 0.1) is 4.90 Å². The number of anilines is 1. The molecular formula is C21H23ClN2O4S. The van der Waals surface area contributed by atoms with Gasteiger partial charge >= 0.3 is 0 Å². The first-order valence-corrected chi connectivity index (χ1v) is 11.6. The number of carbonyl (C=O) groups excluding carboxylic acids is 1. The van der Waals surface area contributed by atoms with Gasteiger partial charge in [0, 0.05) is 29.4 Å². The van der Waals surface area contributed by atoms with E-state index in [1.165, 1.54) is 12.1 Å². The Morgan fingerprint density at radius 1 is 1.21 bits per heavy atom. The van der Waals surface area contributed by atoms with Crippen LogP contribution >= 0.6 is 11.6 Å². The summed E-state index contributed by atoms with van der Waals surface area (Å²) in [7, 11) is -3.78. The third kappa shape index (κ3) is 4.51. The molecule has 1 aliphatic heterocycles. The molecule has 154 valence electrons. The van der Waals surface area contributed by atoms with E-state index in [0.717, 1.165) is 24.9 Å². The first-order valence-electron chi connectivity index (χ1n) is 9.72. The van der Waals surface area contributed by atoms with Crippen LogP contribution < -0.4 is 9.46 Å². The Morgan fingerprint density at radius 3 is 2.69 bits per heavy atom. The highest BCUT2D eigenvalue weighted by atomic mass is 35.5. The van der Waals surface area contributed by atoms with Gasteiger partial charge in [0.2, 0.25) is 0 Å². The Hall–Kier alpha value is -2.25. The normalized spacial score (nSPS) is 19.3. The topological polar surface area (TPSA) is 75.7 Å². The molecule has 0 saturated heterocycles. The third-order valence-electron chi connectivity index (χ3n) is 5.18. The van der Waals surface area contributed by atoms with Crippen molar-refractivity contribution in [1.82, 2.24) is 4.90 Å². The number of hydrogen-bond donors (Lipinski definition) is 1.